The lowest BCUT2D eigenvalue weighted by Gasteiger charge is -2.45. The van der Waals surface area contributed by atoms with Gasteiger partial charge in [0.1, 0.15) is 5.75 Å². The second kappa shape index (κ2) is 7.78. The van der Waals surface area contributed by atoms with Crippen molar-refractivity contribution in [3.05, 3.63) is 65.7 Å². The van der Waals surface area contributed by atoms with E-state index in [1.54, 1.807) is 7.11 Å². The maximum atomic E-state index is 10.7. The third-order valence-electron chi connectivity index (χ3n) is 5.87. The van der Waals surface area contributed by atoms with Crippen molar-refractivity contribution in [2.45, 2.75) is 44.1 Å². The number of aliphatic hydroxyl groups is 1. The highest BCUT2D eigenvalue weighted by molar-refractivity contribution is 5.27. The van der Waals surface area contributed by atoms with Crippen molar-refractivity contribution in [1.29, 1.82) is 0 Å². The van der Waals surface area contributed by atoms with Gasteiger partial charge >= 0.3 is 0 Å². The summed E-state index contributed by atoms with van der Waals surface area (Å²) in [6, 6.07) is 19.7. The smallest absolute Gasteiger partial charge is 0.118 e. The van der Waals surface area contributed by atoms with Crippen LogP contribution in [0.1, 0.15) is 24.0 Å². The Balaban J connectivity index is 1.47. The molecule has 3 saturated heterocycles. The predicted molar refractivity (Wildman–Crippen MR) is 103 cm³/mol. The number of fused-ring (bicyclic) bond motifs is 4. The second-order valence-corrected chi connectivity index (χ2v) is 7.56. The highest BCUT2D eigenvalue weighted by atomic mass is 16.5. The van der Waals surface area contributed by atoms with Crippen molar-refractivity contribution in [1.82, 2.24) is 9.80 Å². The number of rotatable bonds is 5. The molecular weight excluding hydrogens is 324 g/mol. The standard InChI is InChI=1S/C22H28N2O2/c1-26-20-10-7-18(8-11-20)14-24-15-19-9-12-22(25)21(24)16-23(19)13-17-5-3-2-4-6-17/h2-8,10-11,19,21-22,25H,9,12-16H2,1H3/t19-,21+,22-/m1/s1. The Hall–Kier alpha value is -1.88. The van der Waals surface area contributed by atoms with Crippen LogP contribution in [0.15, 0.2) is 54.6 Å². The van der Waals surface area contributed by atoms with Gasteiger partial charge in [-0.1, -0.05) is 42.5 Å². The maximum absolute atomic E-state index is 10.7. The van der Waals surface area contributed by atoms with Crippen LogP contribution in [0.4, 0.5) is 0 Å². The highest BCUT2D eigenvalue weighted by Crippen LogP contribution is 2.30. The Labute approximate surface area is 156 Å². The van der Waals surface area contributed by atoms with Crippen LogP contribution in [0.5, 0.6) is 5.75 Å². The van der Waals surface area contributed by atoms with Gasteiger partial charge in [-0.3, -0.25) is 9.80 Å². The zero-order valence-corrected chi connectivity index (χ0v) is 15.4. The van der Waals surface area contributed by atoms with Crippen LogP contribution in [0.3, 0.4) is 0 Å². The minimum absolute atomic E-state index is 0.208. The zero-order chi connectivity index (χ0) is 17.9. The molecule has 3 heterocycles. The van der Waals surface area contributed by atoms with Crippen molar-refractivity contribution in [2.75, 3.05) is 20.2 Å². The highest BCUT2D eigenvalue weighted by Gasteiger charge is 2.40. The molecule has 0 saturated carbocycles. The molecule has 0 aromatic heterocycles. The third-order valence-corrected chi connectivity index (χ3v) is 5.87. The van der Waals surface area contributed by atoms with Crippen LogP contribution in [0.25, 0.3) is 0 Å². The molecule has 3 aliphatic heterocycles. The largest absolute Gasteiger partial charge is 0.497 e. The Morgan fingerprint density at radius 2 is 1.58 bits per heavy atom. The van der Waals surface area contributed by atoms with Crippen LogP contribution in [0, 0.1) is 0 Å². The monoisotopic (exact) mass is 352 g/mol. The lowest BCUT2D eigenvalue weighted by atomic mass is 10.0. The van der Waals surface area contributed by atoms with Crippen LogP contribution in [-0.4, -0.2) is 53.3 Å². The van der Waals surface area contributed by atoms with E-state index in [9.17, 15) is 5.11 Å². The fourth-order valence-corrected chi connectivity index (χ4v) is 4.38. The van der Waals surface area contributed by atoms with Gasteiger partial charge in [-0.25, -0.2) is 0 Å². The second-order valence-electron chi connectivity index (χ2n) is 7.56. The molecular formula is C22H28N2O2. The number of benzene rings is 2. The molecule has 26 heavy (non-hydrogen) atoms. The first-order chi connectivity index (χ1) is 12.7. The summed E-state index contributed by atoms with van der Waals surface area (Å²) in [4.78, 5) is 5.05. The minimum Gasteiger partial charge on any atom is -0.497 e. The first kappa shape index (κ1) is 17.5. The molecule has 2 aromatic carbocycles. The average molecular weight is 352 g/mol. The summed E-state index contributed by atoms with van der Waals surface area (Å²) in [7, 11) is 1.69. The number of methoxy groups -OCH3 is 1. The number of piperazine rings is 1. The van der Waals surface area contributed by atoms with Gasteiger partial charge in [0.2, 0.25) is 0 Å². The topological polar surface area (TPSA) is 35.9 Å². The molecule has 3 atom stereocenters. The van der Waals surface area contributed by atoms with E-state index in [-0.39, 0.29) is 12.1 Å². The summed E-state index contributed by atoms with van der Waals surface area (Å²) < 4.78 is 5.26. The molecule has 0 aliphatic carbocycles. The fourth-order valence-electron chi connectivity index (χ4n) is 4.38. The van der Waals surface area contributed by atoms with Crippen molar-refractivity contribution in [3.8, 4) is 5.75 Å². The van der Waals surface area contributed by atoms with E-state index in [4.69, 9.17) is 4.74 Å². The Bertz CT molecular complexity index is 704. The molecule has 4 heteroatoms. The Morgan fingerprint density at radius 1 is 0.885 bits per heavy atom. The minimum atomic E-state index is -0.237. The van der Waals surface area contributed by atoms with Gasteiger partial charge in [-0.05, 0) is 36.1 Å². The zero-order valence-electron chi connectivity index (χ0n) is 15.4. The van der Waals surface area contributed by atoms with Gasteiger partial charge < -0.3 is 9.84 Å². The van der Waals surface area contributed by atoms with Crippen LogP contribution in [0.2, 0.25) is 0 Å². The van der Waals surface area contributed by atoms with Crippen molar-refractivity contribution >= 4 is 0 Å². The molecule has 0 unspecified atom stereocenters. The molecule has 0 radical (unpaired) electrons. The molecule has 3 aliphatic rings. The quantitative estimate of drug-likeness (QED) is 0.898. The van der Waals surface area contributed by atoms with E-state index in [1.165, 1.54) is 11.1 Å². The first-order valence-corrected chi connectivity index (χ1v) is 9.56. The molecule has 5 rings (SSSR count). The molecule has 138 valence electrons. The lowest BCUT2D eigenvalue weighted by Crippen LogP contribution is -2.58. The Morgan fingerprint density at radius 3 is 2.31 bits per heavy atom. The van der Waals surface area contributed by atoms with E-state index >= 15 is 0 Å². The van der Waals surface area contributed by atoms with E-state index < -0.39 is 0 Å². The van der Waals surface area contributed by atoms with Crippen LogP contribution >= 0.6 is 0 Å². The van der Waals surface area contributed by atoms with E-state index in [0.29, 0.717) is 6.04 Å². The number of aliphatic hydroxyl groups excluding tert-OH is 1. The normalized spacial score (nSPS) is 26.6. The molecule has 1 N–H and O–H groups in total. The first-order valence-electron chi connectivity index (χ1n) is 9.56. The van der Waals surface area contributed by atoms with Crippen molar-refractivity contribution < 1.29 is 9.84 Å². The number of nitrogens with zero attached hydrogens (tertiary/aromatic N) is 2. The van der Waals surface area contributed by atoms with Gasteiger partial charge in [0.15, 0.2) is 0 Å². The van der Waals surface area contributed by atoms with Crippen molar-refractivity contribution in [2.24, 2.45) is 0 Å². The molecule has 2 aromatic rings. The SMILES string of the molecule is COc1ccc(CN2C[C@H]3CC[C@@H](O)[C@@H]2CN3Cc2ccccc2)cc1. The molecule has 2 bridgehead atoms. The molecule has 0 amide bonds. The Kier molecular flexibility index (Phi) is 5.25. The van der Waals surface area contributed by atoms with Gasteiger partial charge in [0.25, 0.3) is 0 Å². The number of hydrogen-bond donors (Lipinski definition) is 1. The maximum Gasteiger partial charge on any atom is 0.118 e. The lowest BCUT2D eigenvalue weighted by molar-refractivity contribution is -0.0114. The summed E-state index contributed by atoms with van der Waals surface area (Å²) in [5, 5.41) is 10.7. The van der Waals surface area contributed by atoms with Crippen LogP contribution < -0.4 is 4.74 Å². The van der Waals surface area contributed by atoms with Crippen molar-refractivity contribution in [3.63, 3.8) is 0 Å². The summed E-state index contributed by atoms with van der Waals surface area (Å²) in [6.07, 6.45) is 1.74. The van der Waals surface area contributed by atoms with Gasteiger partial charge in [-0.15, -0.1) is 0 Å². The predicted octanol–water partition coefficient (Wildman–Crippen LogP) is 2.90. The van der Waals surface area contributed by atoms with Gasteiger partial charge in [-0.2, -0.15) is 0 Å². The average Bonchev–Trinajstić information content (AvgIpc) is 2.92. The van der Waals surface area contributed by atoms with E-state index in [1.807, 2.05) is 12.1 Å². The van der Waals surface area contributed by atoms with Crippen LogP contribution in [-0.2, 0) is 13.1 Å². The summed E-state index contributed by atoms with van der Waals surface area (Å²) in [6.45, 7) is 3.84. The molecule has 4 nitrogen and oxygen atoms in total. The van der Waals surface area contributed by atoms with Gasteiger partial charge in [0, 0.05) is 38.3 Å². The molecule has 3 fully saturated rings. The summed E-state index contributed by atoms with van der Waals surface area (Å²) >= 11 is 0. The molecule has 0 spiro atoms. The number of hydrogen-bond acceptors (Lipinski definition) is 4. The van der Waals surface area contributed by atoms with E-state index in [0.717, 1.165) is 44.8 Å². The van der Waals surface area contributed by atoms with Gasteiger partial charge in [0.05, 0.1) is 13.2 Å². The summed E-state index contributed by atoms with van der Waals surface area (Å²) in [5.41, 5.74) is 2.64. The number of ether oxygens (including phenoxy) is 1. The third kappa shape index (κ3) is 3.78. The fraction of sp³-hybridized carbons (Fsp3) is 0.455. The van der Waals surface area contributed by atoms with E-state index in [2.05, 4.69) is 52.3 Å². The summed E-state index contributed by atoms with van der Waals surface area (Å²) in [5.74, 6) is 0.889.